The minimum absolute atomic E-state index is 0.273. The van der Waals surface area contributed by atoms with E-state index in [2.05, 4.69) is 0 Å². The lowest BCUT2D eigenvalue weighted by molar-refractivity contribution is -0.172. The van der Waals surface area contributed by atoms with E-state index in [4.69, 9.17) is 18.6 Å². The summed E-state index contributed by atoms with van der Waals surface area (Å²) >= 11 is 0. The van der Waals surface area contributed by atoms with E-state index in [0.717, 1.165) is 0 Å². The lowest BCUT2D eigenvalue weighted by Gasteiger charge is -2.33. The first-order chi connectivity index (χ1) is 14.6. The fourth-order valence-corrected chi connectivity index (χ4v) is 3.31. The lowest BCUT2D eigenvalue weighted by atomic mass is 9.93. The van der Waals surface area contributed by atoms with E-state index < -0.39 is 35.4 Å². The molecule has 164 valence electrons. The van der Waals surface area contributed by atoms with Gasteiger partial charge in [-0.05, 0) is 59.7 Å². The number of fused-ring (bicyclic) bond motifs is 3. The molecule has 0 aliphatic carbocycles. The van der Waals surface area contributed by atoms with Crippen LogP contribution in [0, 0.1) is 0 Å². The second-order valence-electron chi connectivity index (χ2n) is 7.95. The maximum absolute atomic E-state index is 12.6. The van der Waals surface area contributed by atoms with E-state index in [1.807, 2.05) is 0 Å². The van der Waals surface area contributed by atoms with Crippen LogP contribution in [0.25, 0.3) is 11.0 Å². The van der Waals surface area contributed by atoms with Crippen LogP contribution in [-0.4, -0.2) is 23.6 Å². The number of benzene rings is 1. The molecule has 2 aromatic rings. The van der Waals surface area contributed by atoms with Crippen LogP contribution in [0.1, 0.15) is 53.2 Å². The lowest BCUT2D eigenvalue weighted by Crippen LogP contribution is -2.46. The van der Waals surface area contributed by atoms with Crippen LogP contribution in [0.4, 0.5) is 0 Å². The molecule has 1 aliphatic rings. The number of allylic oxidation sites excluding steroid dienone is 2. The third-order valence-electron chi connectivity index (χ3n) is 5.39. The Hall–Kier alpha value is -3.35. The SMILES string of the molecule is C/C=C(/C)C(=O)OC(C)(C)C1Oc2ccc3ccc(=O)oc3c2C1OC(=O)/C(C)=C/C. The quantitative estimate of drug-likeness (QED) is 0.398. The van der Waals surface area contributed by atoms with Crippen LogP contribution in [-0.2, 0) is 19.1 Å². The summed E-state index contributed by atoms with van der Waals surface area (Å²) in [7, 11) is 0. The molecule has 7 heteroatoms. The van der Waals surface area contributed by atoms with E-state index >= 15 is 0 Å². The van der Waals surface area contributed by atoms with E-state index in [9.17, 15) is 14.4 Å². The van der Waals surface area contributed by atoms with Gasteiger partial charge in [-0.25, -0.2) is 14.4 Å². The Bertz CT molecular complexity index is 1150. The molecule has 0 saturated heterocycles. The normalized spacial score (nSPS) is 19.0. The second-order valence-corrected chi connectivity index (χ2v) is 7.95. The minimum Gasteiger partial charge on any atom is -0.481 e. The van der Waals surface area contributed by atoms with E-state index in [-0.39, 0.29) is 5.58 Å². The number of hydrogen-bond donors (Lipinski definition) is 0. The zero-order valence-corrected chi connectivity index (χ0v) is 18.5. The summed E-state index contributed by atoms with van der Waals surface area (Å²) in [5.41, 5.74) is -0.143. The Labute approximate surface area is 180 Å². The average molecular weight is 426 g/mol. The number of carbonyl (C=O) groups excluding carboxylic acids is 2. The van der Waals surface area contributed by atoms with Crippen molar-refractivity contribution in [2.45, 2.75) is 59.4 Å². The van der Waals surface area contributed by atoms with Gasteiger partial charge in [0, 0.05) is 22.6 Å². The highest BCUT2D eigenvalue weighted by Crippen LogP contribution is 2.47. The van der Waals surface area contributed by atoms with Crippen LogP contribution in [0.3, 0.4) is 0 Å². The molecular formula is C24H26O7. The van der Waals surface area contributed by atoms with Crippen molar-refractivity contribution in [1.82, 2.24) is 0 Å². The van der Waals surface area contributed by atoms with Gasteiger partial charge in [0.1, 0.15) is 16.9 Å². The molecule has 0 saturated carbocycles. The van der Waals surface area contributed by atoms with Gasteiger partial charge >= 0.3 is 17.6 Å². The fourth-order valence-electron chi connectivity index (χ4n) is 3.31. The van der Waals surface area contributed by atoms with Crippen LogP contribution >= 0.6 is 0 Å². The average Bonchev–Trinajstić information content (AvgIpc) is 3.11. The predicted molar refractivity (Wildman–Crippen MR) is 115 cm³/mol. The van der Waals surface area contributed by atoms with Gasteiger partial charge in [0.25, 0.3) is 0 Å². The van der Waals surface area contributed by atoms with Crippen molar-refractivity contribution >= 4 is 22.9 Å². The number of rotatable bonds is 5. The Balaban J connectivity index is 2.11. The number of carbonyl (C=O) groups is 2. The van der Waals surface area contributed by atoms with Gasteiger partial charge in [-0.2, -0.15) is 0 Å². The van der Waals surface area contributed by atoms with E-state index in [1.165, 1.54) is 6.07 Å². The highest BCUT2D eigenvalue weighted by Gasteiger charge is 2.50. The molecule has 0 bridgehead atoms. The summed E-state index contributed by atoms with van der Waals surface area (Å²) in [6, 6.07) is 6.42. The molecule has 7 nitrogen and oxygen atoms in total. The first-order valence-electron chi connectivity index (χ1n) is 10.0. The molecule has 3 rings (SSSR count). The van der Waals surface area contributed by atoms with Crippen molar-refractivity contribution in [1.29, 1.82) is 0 Å². The number of hydrogen-bond acceptors (Lipinski definition) is 7. The summed E-state index contributed by atoms with van der Waals surface area (Å²) in [4.78, 5) is 37.0. The third kappa shape index (κ3) is 4.26. The third-order valence-corrected chi connectivity index (χ3v) is 5.39. The minimum atomic E-state index is -1.17. The largest absolute Gasteiger partial charge is 0.481 e. The Morgan fingerprint density at radius 2 is 1.61 bits per heavy atom. The Morgan fingerprint density at radius 1 is 1.00 bits per heavy atom. The van der Waals surface area contributed by atoms with Crippen molar-refractivity contribution in [3.05, 3.63) is 63.5 Å². The molecule has 0 radical (unpaired) electrons. The number of esters is 2. The second kappa shape index (κ2) is 8.41. The first-order valence-corrected chi connectivity index (χ1v) is 10.0. The molecule has 0 spiro atoms. The summed E-state index contributed by atoms with van der Waals surface area (Å²) < 4.78 is 23.1. The molecule has 1 aromatic carbocycles. The molecule has 2 atom stereocenters. The maximum atomic E-state index is 12.6. The van der Waals surface area contributed by atoms with Crippen LogP contribution in [0.2, 0.25) is 0 Å². The summed E-state index contributed by atoms with van der Waals surface area (Å²) in [6.07, 6.45) is 1.47. The topological polar surface area (TPSA) is 92.0 Å². The smallest absolute Gasteiger partial charge is 0.336 e. The standard InChI is InChI=1S/C24H26O7/c1-7-13(3)22(26)30-20-18-16(11-9-15-10-12-17(25)29-19(15)18)28-21(20)24(5,6)31-23(27)14(4)8-2/h7-12,20-21H,1-6H3/b13-7+,14-8-. The van der Waals surface area contributed by atoms with Gasteiger partial charge in [0.15, 0.2) is 12.2 Å². The summed E-state index contributed by atoms with van der Waals surface area (Å²) in [5, 5.41) is 0.658. The van der Waals surface area contributed by atoms with Gasteiger partial charge in [0.2, 0.25) is 0 Å². The summed E-state index contributed by atoms with van der Waals surface area (Å²) in [6.45, 7) is 10.1. The monoisotopic (exact) mass is 426 g/mol. The molecule has 2 heterocycles. The van der Waals surface area contributed by atoms with Crippen molar-refractivity contribution in [2.24, 2.45) is 0 Å². The van der Waals surface area contributed by atoms with Gasteiger partial charge in [-0.3, -0.25) is 0 Å². The van der Waals surface area contributed by atoms with Gasteiger partial charge in [-0.15, -0.1) is 0 Å². The van der Waals surface area contributed by atoms with E-state index in [1.54, 1.807) is 71.9 Å². The zero-order valence-electron chi connectivity index (χ0n) is 18.5. The molecule has 2 unspecified atom stereocenters. The first kappa shape index (κ1) is 22.3. The van der Waals surface area contributed by atoms with Gasteiger partial charge in [-0.1, -0.05) is 12.2 Å². The van der Waals surface area contributed by atoms with Crippen molar-refractivity contribution in [3.63, 3.8) is 0 Å². The molecular weight excluding hydrogens is 400 g/mol. The predicted octanol–water partition coefficient (Wildman–Crippen LogP) is 4.39. The van der Waals surface area contributed by atoms with Gasteiger partial charge < -0.3 is 18.6 Å². The van der Waals surface area contributed by atoms with Crippen molar-refractivity contribution < 1.29 is 28.2 Å². The highest BCUT2D eigenvalue weighted by molar-refractivity contribution is 5.89. The molecule has 0 N–H and O–H groups in total. The number of ether oxygens (including phenoxy) is 3. The Kier molecular flexibility index (Phi) is 6.06. The molecule has 0 fully saturated rings. The Morgan fingerprint density at radius 3 is 2.26 bits per heavy atom. The highest BCUT2D eigenvalue weighted by atomic mass is 16.6. The van der Waals surface area contributed by atoms with Crippen molar-refractivity contribution in [2.75, 3.05) is 0 Å². The van der Waals surface area contributed by atoms with Crippen LogP contribution < -0.4 is 10.4 Å². The fraction of sp³-hybridized carbons (Fsp3) is 0.375. The molecule has 0 amide bonds. The van der Waals surface area contributed by atoms with E-state index in [0.29, 0.717) is 27.8 Å². The maximum Gasteiger partial charge on any atom is 0.336 e. The van der Waals surface area contributed by atoms with Crippen LogP contribution in [0.15, 0.2) is 56.8 Å². The van der Waals surface area contributed by atoms with Crippen molar-refractivity contribution in [3.8, 4) is 5.75 Å². The molecule has 1 aliphatic heterocycles. The van der Waals surface area contributed by atoms with Crippen LogP contribution in [0.5, 0.6) is 5.75 Å². The summed E-state index contributed by atoms with van der Waals surface area (Å²) in [5.74, 6) is -0.649. The molecule has 31 heavy (non-hydrogen) atoms. The van der Waals surface area contributed by atoms with Gasteiger partial charge in [0.05, 0.1) is 5.56 Å². The molecule has 1 aromatic heterocycles. The zero-order chi connectivity index (χ0) is 22.9.